The van der Waals surface area contributed by atoms with E-state index in [1.54, 1.807) is 25.3 Å². The first-order chi connectivity index (χ1) is 8.16. The van der Waals surface area contributed by atoms with Crippen molar-refractivity contribution in [1.29, 1.82) is 0 Å². The summed E-state index contributed by atoms with van der Waals surface area (Å²) in [5, 5.41) is 2.60. The molecule has 5 heteroatoms. The summed E-state index contributed by atoms with van der Waals surface area (Å²) in [5.41, 5.74) is 1.05. The molecule has 86 valence electrons. The number of aromatic nitrogens is 2. The Morgan fingerprint density at radius 1 is 1.47 bits per heavy atom. The molecular weight excluding hydrogens is 218 g/mol. The Bertz CT molecular complexity index is 590. The molecule has 2 aromatic heterocycles. The first kappa shape index (κ1) is 11.1. The van der Waals surface area contributed by atoms with Crippen molar-refractivity contribution in [3.63, 3.8) is 0 Å². The Labute approximate surface area is 97.5 Å². The van der Waals surface area contributed by atoms with Crippen molar-refractivity contribution in [2.75, 3.05) is 5.32 Å². The van der Waals surface area contributed by atoms with Gasteiger partial charge in [0.2, 0.25) is 0 Å². The molecule has 2 rings (SSSR count). The third-order valence-electron chi connectivity index (χ3n) is 2.22. The van der Waals surface area contributed by atoms with E-state index in [1.165, 1.54) is 18.5 Å². The van der Waals surface area contributed by atoms with Crippen molar-refractivity contribution in [3.8, 4) is 0 Å². The van der Waals surface area contributed by atoms with Gasteiger partial charge in [0.1, 0.15) is 5.56 Å². The molecule has 2 aromatic rings. The van der Waals surface area contributed by atoms with Gasteiger partial charge in [-0.1, -0.05) is 0 Å². The van der Waals surface area contributed by atoms with Crippen LogP contribution in [0.5, 0.6) is 0 Å². The normalized spacial score (nSPS) is 9.94. The van der Waals surface area contributed by atoms with Gasteiger partial charge in [-0.2, -0.15) is 0 Å². The molecule has 0 atom stereocenters. The minimum atomic E-state index is -0.445. The zero-order chi connectivity index (χ0) is 12.3. The quantitative estimate of drug-likeness (QED) is 0.815. The molecule has 0 aromatic carbocycles. The summed E-state index contributed by atoms with van der Waals surface area (Å²) >= 11 is 0. The molecule has 17 heavy (non-hydrogen) atoms. The Balaban J connectivity index is 2.24. The molecule has 2 N–H and O–H groups in total. The van der Waals surface area contributed by atoms with Crippen LogP contribution in [0, 0.1) is 6.92 Å². The smallest absolute Gasteiger partial charge is 0.261 e. The molecule has 0 spiro atoms. The molecule has 0 radical (unpaired) electrons. The molecule has 0 aliphatic rings. The van der Waals surface area contributed by atoms with Crippen LogP contribution >= 0.6 is 0 Å². The van der Waals surface area contributed by atoms with Gasteiger partial charge in [0.05, 0.1) is 11.9 Å². The number of pyridine rings is 2. The predicted octanol–water partition coefficient (Wildman–Crippen LogP) is 1.33. The first-order valence-electron chi connectivity index (χ1n) is 5.07. The van der Waals surface area contributed by atoms with E-state index in [0.29, 0.717) is 11.4 Å². The number of hydrogen-bond donors (Lipinski definition) is 2. The highest BCUT2D eigenvalue weighted by Gasteiger charge is 2.10. The van der Waals surface area contributed by atoms with Crippen LogP contribution in [0.2, 0.25) is 0 Å². The van der Waals surface area contributed by atoms with E-state index in [9.17, 15) is 9.59 Å². The second kappa shape index (κ2) is 4.61. The fraction of sp³-hybridized carbons (Fsp3) is 0.0833. The van der Waals surface area contributed by atoms with E-state index in [4.69, 9.17) is 0 Å². The van der Waals surface area contributed by atoms with Crippen molar-refractivity contribution < 1.29 is 4.79 Å². The lowest BCUT2D eigenvalue weighted by Gasteiger charge is -2.03. The predicted molar refractivity (Wildman–Crippen MR) is 64.0 cm³/mol. The molecule has 0 saturated carbocycles. The number of aryl methyl sites for hydroxylation is 1. The van der Waals surface area contributed by atoms with Crippen LogP contribution in [0.3, 0.4) is 0 Å². The van der Waals surface area contributed by atoms with Crippen molar-refractivity contribution in [1.82, 2.24) is 9.97 Å². The SMILES string of the molecule is Cc1cc(=O)c(C(=O)Nc2cccnc2)c[nH]1. The summed E-state index contributed by atoms with van der Waals surface area (Å²) in [6, 6.07) is 4.79. The Kier molecular flexibility index (Phi) is 3.00. The van der Waals surface area contributed by atoms with Crippen LogP contribution in [0.25, 0.3) is 0 Å². The number of aromatic amines is 1. The van der Waals surface area contributed by atoms with Crippen LogP contribution in [-0.2, 0) is 0 Å². The molecule has 1 amide bonds. The fourth-order valence-electron chi connectivity index (χ4n) is 1.39. The molecule has 0 aliphatic heterocycles. The van der Waals surface area contributed by atoms with Gasteiger partial charge in [-0.25, -0.2) is 0 Å². The van der Waals surface area contributed by atoms with Crippen molar-refractivity contribution >= 4 is 11.6 Å². The average Bonchev–Trinajstić information content (AvgIpc) is 2.30. The zero-order valence-electron chi connectivity index (χ0n) is 9.23. The highest BCUT2D eigenvalue weighted by molar-refractivity contribution is 6.03. The number of hydrogen-bond acceptors (Lipinski definition) is 3. The first-order valence-corrected chi connectivity index (χ1v) is 5.07. The number of nitrogens with zero attached hydrogens (tertiary/aromatic N) is 1. The topological polar surface area (TPSA) is 74.8 Å². The summed E-state index contributed by atoms with van der Waals surface area (Å²) in [6.45, 7) is 1.75. The third kappa shape index (κ3) is 2.57. The van der Waals surface area contributed by atoms with E-state index in [2.05, 4.69) is 15.3 Å². The van der Waals surface area contributed by atoms with Gasteiger partial charge >= 0.3 is 0 Å². The van der Waals surface area contributed by atoms with E-state index in [-0.39, 0.29) is 11.0 Å². The van der Waals surface area contributed by atoms with Gasteiger partial charge in [0.15, 0.2) is 5.43 Å². The van der Waals surface area contributed by atoms with E-state index >= 15 is 0 Å². The zero-order valence-corrected chi connectivity index (χ0v) is 9.23. The number of H-pyrrole nitrogens is 1. The highest BCUT2D eigenvalue weighted by Crippen LogP contribution is 2.04. The Morgan fingerprint density at radius 2 is 2.29 bits per heavy atom. The summed E-state index contributed by atoms with van der Waals surface area (Å²) in [7, 11) is 0. The van der Waals surface area contributed by atoms with Gasteiger partial charge in [-0.15, -0.1) is 0 Å². The average molecular weight is 229 g/mol. The summed E-state index contributed by atoms with van der Waals surface area (Å²) in [6.07, 6.45) is 4.53. The van der Waals surface area contributed by atoms with Gasteiger partial charge in [-0.3, -0.25) is 14.6 Å². The lowest BCUT2D eigenvalue weighted by Crippen LogP contribution is -2.21. The maximum Gasteiger partial charge on any atom is 0.261 e. The van der Waals surface area contributed by atoms with Crippen LogP contribution in [0.15, 0.2) is 41.6 Å². The second-order valence-corrected chi connectivity index (χ2v) is 3.59. The van der Waals surface area contributed by atoms with Crippen LogP contribution in [-0.4, -0.2) is 15.9 Å². The summed E-state index contributed by atoms with van der Waals surface area (Å²) < 4.78 is 0. The number of amides is 1. The van der Waals surface area contributed by atoms with Crippen LogP contribution in [0.4, 0.5) is 5.69 Å². The molecule has 0 aliphatic carbocycles. The van der Waals surface area contributed by atoms with Gasteiger partial charge in [0, 0.05) is 24.2 Å². The highest BCUT2D eigenvalue weighted by atomic mass is 16.2. The molecule has 0 fully saturated rings. The molecule has 0 unspecified atom stereocenters. The maximum atomic E-state index is 11.8. The number of nitrogens with one attached hydrogen (secondary N) is 2. The van der Waals surface area contributed by atoms with Crippen molar-refractivity contribution in [3.05, 3.63) is 58.3 Å². The molecule has 5 nitrogen and oxygen atoms in total. The largest absolute Gasteiger partial charge is 0.364 e. The molecule has 0 saturated heterocycles. The molecule has 2 heterocycles. The fourth-order valence-corrected chi connectivity index (χ4v) is 1.39. The lowest BCUT2D eigenvalue weighted by atomic mass is 10.2. The minimum absolute atomic E-state index is 0.0828. The number of anilines is 1. The molecular formula is C12H11N3O2. The second-order valence-electron chi connectivity index (χ2n) is 3.59. The Morgan fingerprint density at radius 3 is 2.94 bits per heavy atom. The number of carbonyl (C=O) groups is 1. The van der Waals surface area contributed by atoms with Gasteiger partial charge < -0.3 is 10.3 Å². The van der Waals surface area contributed by atoms with E-state index < -0.39 is 5.91 Å². The van der Waals surface area contributed by atoms with Gasteiger partial charge in [-0.05, 0) is 19.1 Å². The lowest BCUT2D eigenvalue weighted by molar-refractivity contribution is 0.102. The number of carbonyl (C=O) groups excluding carboxylic acids is 1. The minimum Gasteiger partial charge on any atom is -0.364 e. The standard InChI is InChI=1S/C12H11N3O2/c1-8-5-11(16)10(7-14-8)12(17)15-9-3-2-4-13-6-9/h2-7H,1H3,(H,14,16)(H,15,17). The van der Waals surface area contributed by atoms with Crippen LogP contribution in [0.1, 0.15) is 16.1 Å². The molecule has 0 bridgehead atoms. The Hall–Kier alpha value is -2.43. The monoisotopic (exact) mass is 229 g/mol. The van der Waals surface area contributed by atoms with Crippen LogP contribution < -0.4 is 10.7 Å². The van der Waals surface area contributed by atoms with Gasteiger partial charge in [0.25, 0.3) is 5.91 Å². The summed E-state index contributed by atoms with van der Waals surface area (Å²) in [5.74, 6) is -0.445. The number of rotatable bonds is 2. The van der Waals surface area contributed by atoms with Crippen molar-refractivity contribution in [2.45, 2.75) is 6.92 Å². The van der Waals surface area contributed by atoms with Crippen molar-refractivity contribution in [2.24, 2.45) is 0 Å². The van der Waals surface area contributed by atoms with E-state index in [1.807, 2.05) is 0 Å². The summed E-state index contributed by atoms with van der Waals surface area (Å²) in [4.78, 5) is 30.1. The third-order valence-corrected chi connectivity index (χ3v) is 2.22. The van der Waals surface area contributed by atoms with E-state index in [0.717, 1.165) is 0 Å². The maximum absolute atomic E-state index is 11.8.